The number of carboxylic acid groups (broad SMARTS) is 2. The fourth-order valence-electron chi connectivity index (χ4n) is 2.99. The molecule has 3 atom stereocenters. The van der Waals surface area contributed by atoms with E-state index in [0.29, 0.717) is 30.0 Å². The molecule has 0 spiro atoms. The summed E-state index contributed by atoms with van der Waals surface area (Å²) in [5, 5.41) is 24.2. The molecule has 0 aromatic heterocycles. The van der Waals surface area contributed by atoms with Gasteiger partial charge in [-0.1, -0.05) is 60.7 Å². The van der Waals surface area contributed by atoms with Crippen LogP contribution in [-0.2, 0) is 20.1 Å². The summed E-state index contributed by atoms with van der Waals surface area (Å²) in [6, 6.07) is 15.6. The van der Waals surface area contributed by atoms with Crippen molar-refractivity contribution in [1.82, 2.24) is 10.6 Å². The molecule has 9 heteroatoms. The first-order chi connectivity index (χ1) is 15.4. The lowest BCUT2D eigenvalue weighted by Gasteiger charge is -2.22. The third-order valence-electron chi connectivity index (χ3n) is 4.78. The fraction of sp³-hybridized carbons (Fsp3) is 0.348. The van der Waals surface area contributed by atoms with E-state index in [4.69, 9.17) is 10.8 Å². The van der Waals surface area contributed by atoms with Gasteiger partial charge in [0.2, 0.25) is 5.91 Å². The standard InChI is InChI=1S/C23H29N3O5S/c24-18(22(28)29)12-7-13-25-19(15-32-14-16-8-3-1-4-9-16)21(27)26-20(23(30)31)17-10-5-2-6-11-17/h1-6,8-11,18-20,25H,7,12-15,24H2,(H,26,27)(H,28,29)(H,30,31). The lowest BCUT2D eigenvalue weighted by atomic mass is 10.1. The van der Waals surface area contributed by atoms with Gasteiger partial charge in [0.05, 0.1) is 6.04 Å². The number of hydrogen-bond donors (Lipinski definition) is 5. The Morgan fingerprint density at radius 3 is 2.16 bits per heavy atom. The lowest BCUT2D eigenvalue weighted by molar-refractivity contribution is -0.142. The summed E-state index contributed by atoms with van der Waals surface area (Å²) in [4.78, 5) is 35.6. The van der Waals surface area contributed by atoms with Crippen LogP contribution in [-0.4, -0.2) is 52.4 Å². The summed E-state index contributed by atoms with van der Waals surface area (Å²) in [6.45, 7) is 0.383. The molecule has 0 heterocycles. The first-order valence-corrected chi connectivity index (χ1v) is 11.5. The summed E-state index contributed by atoms with van der Waals surface area (Å²) in [6.07, 6.45) is 0.747. The van der Waals surface area contributed by atoms with Crippen molar-refractivity contribution in [3.8, 4) is 0 Å². The second-order valence-electron chi connectivity index (χ2n) is 7.28. The number of carbonyl (C=O) groups excluding carboxylic acids is 1. The van der Waals surface area contributed by atoms with Gasteiger partial charge < -0.3 is 26.6 Å². The number of carboxylic acids is 2. The summed E-state index contributed by atoms with van der Waals surface area (Å²) in [5.74, 6) is -1.51. The van der Waals surface area contributed by atoms with Gasteiger partial charge in [0.25, 0.3) is 0 Å². The average Bonchev–Trinajstić information content (AvgIpc) is 2.79. The van der Waals surface area contributed by atoms with Gasteiger partial charge in [-0.25, -0.2) is 4.79 Å². The van der Waals surface area contributed by atoms with Crippen LogP contribution in [0.1, 0.15) is 30.0 Å². The van der Waals surface area contributed by atoms with E-state index in [1.165, 1.54) is 0 Å². The largest absolute Gasteiger partial charge is 0.480 e. The van der Waals surface area contributed by atoms with E-state index in [2.05, 4.69) is 10.6 Å². The molecule has 0 bridgehead atoms. The minimum Gasteiger partial charge on any atom is -0.480 e. The third-order valence-corrected chi connectivity index (χ3v) is 5.89. The number of rotatable bonds is 14. The van der Waals surface area contributed by atoms with E-state index in [9.17, 15) is 19.5 Å². The molecular formula is C23H29N3O5S. The Morgan fingerprint density at radius 1 is 0.938 bits per heavy atom. The number of carbonyl (C=O) groups is 3. The van der Waals surface area contributed by atoms with Gasteiger partial charge in [-0.05, 0) is 30.5 Å². The number of amides is 1. The van der Waals surface area contributed by atoms with E-state index < -0.39 is 36.0 Å². The molecule has 1 amide bonds. The number of aliphatic carboxylic acids is 2. The highest BCUT2D eigenvalue weighted by Gasteiger charge is 2.26. The van der Waals surface area contributed by atoms with Crippen LogP contribution >= 0.6 is 11.8 Å². The third kappa shape index (κ3) is 8.70. The molecule has 2 rings (SSSR count). The van der Waals surface area contributed by atoms with Crippen LogP contribution < -0.4 is 16.4 Å². The van der Waals surface area contributed by atoms with Crippen molar-refractivity contribution >= 4 is 29.6 Å². The predicted octanol–water partition coefficient (Wildman–Crippen LogP) is 2.01. The number of nitrogens with two attached hydrogens (primary N) is 1. The number of hydrogen-bond acceptors (Lipinski definition) is 6. The SMILES string of the molecule is NC(CCCNC(CSCc1ccccc1)C(=O)NC(C(=O)O)c1ccccc1)C(=O)O. The maximum absolute atomic E-state index is 12.9. The van der Waals surface area contributed by atoms with Gasteiger partial charge in [-0.2, -0.15) is 11.8 Å². The average molecular weight is 460 g/mol. The van der Waals surface area contributed by atoms with Crippen LogP contribution in [0.5, 0.6) is 0 Å². The zero-order valence-electron chi connectivity index (χ0n) is 17.6. The Morgan fingerprint density at radius 2 is 1.56 bits per heavy atom. The Kier molecular flexibility index (Phi) is 10.7. The van der Waals surface area contributed by atoms with Gasteiger partial charge in [-0.15, -0.1) is 0 Å². The van der Waals surface area contributed by atoms with Gasteiger partial charge >= 0.3 is 11.9 Å². The zero-order valence-corrected chi connectivity index (χ0v) is 18.5. The maximum atomic E-state index is 12.9. The van der Waals surface area contributed by atoms with Crippen LogP contribution in [0.2, 0.25) is 0 Å². The van der Waals surface area contributed by atoms with Crippen molar-refractivity contribution < 1.29 is 24.6 Å². The minimum atomic E-state index is -1.16. The number of thioether (sulfide) groups is 1. The van der Waals surface area contributed by atoms with Crippen molar-refractivity contribution in [2.45, 2.75) is 36.7 Å². The molecule has 8 nitrogen and oxygen atoms in total. The second kappa shape index (κ2) is 13.5. The molecule has 0 saturated carbocycles. The summed E-state index contributed by atoms with van der Waals surface area (Å²) in [5.41, 5.74) is 7.13. The Balaban J connectivity index is 1.99. The van der Waals surface area contributed by atoms with Crippen molar-refractivity contribution in [1.29, 1.82) is 0 Å². The van der Waals surface area contributed by atoms with E-state index in [1.54, 1.807) is 42.1 Å². The highest BCUT2D eigenvalue weighted by atomic mass is 32.2. The molecule has 0 aliphatic rings. The monoisotopic (exact) mass is 459 g/mol. The van der Waals surface area contributed by atoms with Gasteiger partial charge in [0, 0.05) is 11.5 Å². The van der Waals surface area contributed by atoms with Crippen molar-refractivity contribution in [3.05, 3.63) is 71.8 Å². The topological polar surface area (TPSA) is 142 Å². The minimum absolute atomic E-state index is 0.273. The van der Waals surface area contributed by atoms with E-state index >= 15 is 0 Å². The quantitative estimate of drug-likeness (QED) is 0.270. The highest BCUT2D eigenvalue weighted by molar-refractivity contribution is 7.98. The molecule has 172 valence electrons. The smallest absolute Gasteiger partial charge is 0.330 e. The second-order valence-corrected chi connectivity index (χ2v) is 8.32. The molecule has 0 aliphatic heterocycles. The molecule has 3 unspecified atom stereocenters. The molecular weight excluding hydrogens is 430 g/mol. The fourth-order valence-corrected chi connectivity index (χ4v) is 4.04. The molecule has 0 saturated heterocycles. The van der Waals surface area contributed by atoms with E-state index in [0.717, 1.165) is 5.56 Å². The zero-order chi connectivity index (χ0) is 23.3. The first-order valence-electron chi connectivity index (χ1n) is 10.3. The predicted molar refractivity (Wildman–Crippen MR) is 124 cm³/mol. The molecule has 6 N–H and O–H groups in total. The Labute approximate surface area is 191 Å². The van der Waals surface area contributed by atoms with E-state index in [-0.39, 0.29) is 6.42 Å². The van der Waals surface area contributed by atoms with Gasteiger partial charge in [0.1, 0.15) is 6.04 Å². The maximum Gasteiger partial charge on any atom is 0.330 e. The molecule has 0 radical (unpaired) electrons. The summed E-state index contributed by atoms with van der Waals surface area (Å²) < 4.78 is 0. The van der Waals surface area contributed by atoms with Crippen LogP contribution in [0, 0.1) is 0 Å². The number of nitrogens with one attached hydrogen (secondary N) is 2. The number of benzene rings is 2. The molecule has 2 aromatic carbocycles. The molecule has 2 aromatic rings. The van der Waals surface area contributed by atoms with Crippen LogP contribution in [0.15, 0.2) is 60.7 Å². The van der Waals surface area contributed by atoms with Gasteiger partial charge in [0.15, 0.2) is 6.04 Å². The van der Waals surface area contributed by atoms with Gasteiger partial charge in [-0.3, -0.25) is 9.59 Å². The summed E-state index contributed by atoms with van der Waals surface area (Å²) in [7, 11) is 0. The van der Waals surface area contributed by atoms with Crippen molar-refractivity contribution in [3.63, 3.8) is 0 Å². The lowest BCUT2D eigenvalue weighted by Crippen LogP contribution is -2.48. The highest BCUT2D eigenvalue weighted by Crippen LogP contribution is 2.16. The first kappa shape index (κ1) is 25.4. The summed E-state index contributed by atoms with van der Waals surface area (Å²) >= 11 is 1.55. The van der Waals surface area contributed by atoms with Crippen molar-refractivity contribution in [2.75, 3.05) is 12.3 Å². The van der Waals surface area contributed by atoms with Crippen LogP contribution in [0.4, 0.5) is 0 Å². The Hall–Kier alpha value is -2.88. The Bertz CT molecular complexity index is 866. The normalized spacial score (nSPS) is 13.7. The molecule has 0 fully saturated rings. The van der Waals surface area contributed by atoms with Crippen molar-refractivity contribution in [2.24, 2.45) is 5.73 Å². The molecule has 0 aliphatic carbocycles. The molecule has 32 heavy (non-hydrogen) atoms. The van der Waals surface area contributed by atoms with E-state index in [1.807, 2.05) is 30.3 Å². The van der Waals surface area contributed by atoms with Crippen LogP contribution in [0.25, 0.3) is 0 Å². The van der Waals surface area contributed by atoms with Crippen LogP contribution in [0.3, 0.4) is 0 Å².